The van der Waals surface area contributed by atoms with Crippen molar-refractivity contribution in [3.8, 4) is 11.5 Å². The number of amides is 1. The third-order valence-electron chi connectivity index (χ3n) is 4.19. The molecule has 0 aliphatic carbocycles. The molecule has 1 amide bonds. The summed E-state index contributed by atoms with van der Waals surface area (Å²) in [6, 6.07) is 12.0. The van der Waals surface area contributed by atoms with Gasteiger partial charge in [0.25, 0.3) is 5.91 Å². The number of aliphatic carboxylic acids is 1. The molecule has 9 heteroatoms. The van der Waals surface area contributed by atoms with Crippen LogP contribution in [0, 0.1) is 0 Å². The Labute approximate surface area is 183 Å². The first-order valence-corrected chi connectivity index (χ1v) is 10.1. The van der Waals surface area contributed by atoms with E-state index >= 15 is 0 Å². The van der Waals surface area contributed by atoms with Crippen LogP contribution in [0.2, 0.25) is 5.02 Å². The maximum atomic E-state index is 12.6. The molecule has 1 aliphatic rings. The minimum absolute atomic E-state index is 0.175. The van der Waals surface area contributed by atoms with Gasteiger partial charge in [-0.1, -0.05) is 17.7 Å². The van der Waals surface area contributed by atoms with Crippen LogP contribution in [-0.4, -0.2) is 47.3 Å². The van der Waals surface area contributed by atoms with E-state index in [-0.39, 0.29) is 5.91 Å². The lowest BCUT2D eigenvalue weighted by Gasteiger charge is -2.14. The van der Waals surface area contributed by atoms with Gasteiger partial charge in [-0.2, -0.15) is 0 Å². The van der Waals surface area contributed by atoms with E-state index in [1.807, 2.05) is 0 Å². The quantitative estimate of drug-likeness (QED) is 0.660. The van der Waals surface area contributed by atoms with Crippen molar-refractivity contribution < 1.29 is 24.2 Å². The third kappa shape index (κ3) is 4.95. The van der Waals surface area contributed by atoms with E-state index in [1.54, 1.807) is 55.6 Å². The van der Waals surface area contributed by atoms with Gasteiger partial charge >= 0.3 is 5.97 Å². The van der Waals surface area contributed by atoms with Crippen LogP contribution in [0.3, 0.4) is 0 Å². The molecule has 1 fully saturated rings. The van der Waals surface area contributed by atoms with Gasteiger partial charge in [0, 0.05) is 12.1 Å². The Morgan fingerprint density at radius 2 is 1.93 bits per heavy atom. The molecule has 1 heterocycles. The highest BCUT2D eigenvalue weighted by Crippen LogP contribution is 2.35. The van der Waals surface area contributed by atoms with Gasteiger partial charge in [0.1, 0.15) is 0 Å². The number of methoxy groups -OCH3 is 1. The van der Waals surface area contributed by atoms with Gasteiger partial charge in [-0.15, -0.1) is 0 Å². The molecule has 30 heavy (non-hydrogen) atoms. The van der Waals surface area contributed by atoms with Gasteiger partial charge in [-0.3, -0.25) is 9.69 Å². The molecule has 0 aromatic heterocycles. The van der Waals surface area contributed by atoms with Crippen LogP contribution in [-0.2, 0) is 9.59 Å². The Kier molecular flexibility index (Phi) is 6.69. The zero-order chi connectivity index (χ0) is 21.8. The molecule has 1 atom stereocenters. The number of carbonyl (C=O) groups is 2. The van der Waals surface area contributed by atoms with E-state index in [0.717, 1.165) is 0 Å². The predicted octanol–water partition coefficient (Wildman–Crippen LogP) is 4.43. The molecule has 1 saturated heterocycles. The summed E-state index contributed by atoms with van der Waals surface area (Å²) in [5.41, 5.74) is 1.40. The minimum atomic E-state index is -1.08. The first-order valence-electron chi connectivity index (χ1n) is 8.88. The predicted molar refractivity (Wildman–Crippen MR) is 118 cm³/mol. The van der Waals surface area contributed by atoms with Gasteiger partial charge in [0.2, 0.25) is 0 Å². The molecule has 1 N–H and O–H groups in total. The molecular weight excluding hydrogens is 428 g/mol. The van der Waals surface area contributed by atoms with Crippen molar-refractivity contribution in [3.05, 3.63) is 58.0 Å². The second-order valence-electron chi connectivity index (χ2n) is 6.35. The molecule has 0 saturated carbocycles. The Morgan fingerprint density at radius 1 is 1.23 bits per heavy atom. The number of rotatable bonds is 6. The van der Waals surface area contributed by atoms with Gasteiger partial charge in [0.05, 0.1) is 17.7 Å². The average molecular weight is 447 g/mol. The number of carboxylic acid groups (broad SMARTS) is 1. The van der Waals surface area contributed by atoms with E-state index in [4.69, 9.17) is 26.2 Å². The van der Waals surface area contributed by atoms with Crippen molar-refractivity contribution in [1.29, 1.82) is 0 Å². The SMILES string of the molecule is COc1cc(/C=C2\SC(=Nc3ccc(Cl)cc3)N(C)C2=O)ccc1O[C@@H](C)C(=O)O. The molecular formula is C21H19ClN2O5S. The maximum absolute atomic E-state index is 12.6. The van der Waals surface area contributed by atoms with Crippen LogP contribution in [0.25, 0.3) is 6.08 Å². The number of amidine groups is 1. The first kappa shape index (κ1) is 21.7. The van der Waals surface area contributed by atoms with E-state index in [0.29, 0.717) is 37.8 Å². The lowest BCUT2D eigenvalue weighted by atomic mass is 10.2. The standard InChI is InChI=1S/C21H19ClN2O5S/c1-12(20(26)27)29-16-9-4-13(10-17(16)28-3)11-18-19(25)24(2)21(30-18)23-15-7-5-14(22)6-8-15/h4-12H,1-3H3,(H,26,27)/b18-11-,23-21?/t12-/m0/s1. The fourth-order valence-corrected chi connectivity index (χ4v) is 3.65. The van der Waals surface area contributed by atoms with Crippen molar-refractivity contribution in [1.82, 2.24) is 4.90 Å². The third-order valence-corrected chi connectivity index (χ3v) is 5.50. The fourth-order valence-electron chi connectivity index (χ4n) is 2.54. The summed E-state index contributed by atoms with van der Waals surface area (Å²) in [6.07, 6.45) is 0.705. The average Bonchev–Trinajstić information content (AvgIpc) is 2.98. The fraction of sp³-hybridized carbons (Fsp3) is 0.190. The summed E-state index contributed by atoms with van der Waals surface area (Å²) >= 11 is 7.15. The minimum Gasteiger partial charge on any atom is -0.493 e. The molecule has 2 aromatic rings. The zero-order valence-electron chi connectivity index (χ0n) is 16.5. The smallest absolute Gasteiger partial charge is 0.344 e. The van der Waals surface area contributed by atoms with Gasteiger partial charge in [-0.05, 0) is 66.7 Å². The molecule has 0 spiro atoms. The molecule has 156 valence electrons. The topological polar surface area (TPSA) is 88.4 Å². The Bertz CT molecular complexity index is 1040. The van der Waals surface area contributed by atoms with Crippen molar-refractivity contribution in [2.75, 3.05) is 14.2 Å². The number of nitrogens with zero attached hydrogens (tertiary/aromatic N) is 2. The van der Waals surface area contributed by atoms with E-state index in [1.165, 1.54) is 30.7 Å². The molecule has 2 aromatic carbocycles. The van der Waals surface area contributed by atoms with Crippen LogP contribution >= 0.6 is 23.4 Å². The lowest BCUT2D eigenvalue weighted by molar-refractivity contribution is -0.144. The lowest BCUT2D eigenvalue weighted by Crippen LogP contribution is -2.23. The van der Waals surface area contributed by atoms with E-state index in [9.17, 15) is 9.59 Å². The van der Waals surface area contributed by atoms with Crippen molar-refractivity contribution in [2.24, 2.45) is 4.99 Å². The first-order chi connectivity index (χ1) is 14.3. The summed E-state index contributed by atoms with van der Waals surface area (Å²) in [7, 11) is 3.13. The van der Waals surface area contributed by atoms with Crippen LogP contribution in [0.15, 0.2) is 52.4 Å². The maximum Gasteiger partial charge on any atom is 0.344 e. The number of benzene rings is 2. The normalized spacial score (nSPS) is 17.5. The zero-order valence-corrected chi connectivity index (χ0v) is 18.0. The molecule has 7 nitrogen and oxygen atoms in total. The number of thioether (sulfide) groups is 1. The Balaban J connectivity index is 1.84. The second kappa shape index (κ2) is 9.23. The van der Waals surface area contributed by atoms with Gasteiger partial charge in [0.15, 0.2) is 22.8 Å². The number of aliphatic imine (C=N–C) groups is 1. The van der Waals surface area contributed by atoms with Crippen molar-refractivity contribution in [3.63, 3.8) is 0 Å². The van der Waals surface area contributed by atoms with Crippen LogP contribution in [0.4, 0.5) is 5.69 Å². The van der Waals surface area contributed by atoms with Gasteiger partial charge < -0.3 is 14.6 Å². The van der Waals surface area contributed by atoms with Crippen LogP contribution in [0.1, 0.15) is 12.5 Å². The van der Waals surface area contributed by atoms with Crippen LogP contribution in [0.5, 0.6) is 11.5 Å². The van der Waals surface area contributed by atoms with E-state index < -0.39 is 12.1 Å². The monoisotopic (exact) mass is 446 g/mol. The number of hydrogen-bond donors (Lipinski definition) is 1. The number of carbonyl (C=O) groups excluding carboxylic acids is 1. The summed E-state index contributed by atoms with van der Waals surface area (Å²) in [5, 5.41) is 10.2. The summed E-state index contributed by atoms with van der Waals surface area (Å²) in [6.45, 7) is 1.43. The number of ether oxygens (including phenoxy) is 2. The largest absolute Gasteiger partial charge is 0.493 e. The van der Waals surface area contributed by atoms with E-state index in [2.05, 4.69) is 4.99 Å². The highest BCUT2D eigenvalue weighted by Gasteiger charge is 2.30. The highest BCUT2D eigenvalue weighted by atomic mass is 35.5. The van der Waals surface area contributed by atoms with Crippen molar-refractivity contribution >= 4 is 52.2 Å². The van der Waals surface area contributed by atoms with Crippen molar-refractivity contribution in [2.45, 2.75) is 13.0 Å². The second-order valence-corrected chi connectivity index (χ2v) is 7.80. The summed E-state index contributed by atoms with van der Waals surface area (Å²) in [4.78, 5) is 30.1. The summed E-state index contributed by atoms with van der Waals surface area (Å²) < 4.78 is 10.7. The molecule has 1 aliphatic heterocycles. The molecule has 0 bridgehead atoms. The van der Waals surface area contributed by atoms with Crippen LogP contribution < -0.4 is 9.47 Å². The Morgan fingerprint density at radius 3 is 2.57 bits per heavy atom. The number of carboxylic acids is 1. The molecule has 3 rings (SSSR count). The molecule has 0 unspecified atom stereocenters. The molecule has 0 radical (unpaired) electrons. The summed E-state index contributed by atoms with van der Waals surface area (Å²) in [5.74, 6) is -0.573. The Hall–Kier alpha value is -2.97. The highest BCUT2D eigenvalue weighted by molar-refractivity contribution is 8.18. The number of likely N-dealkylation sites (N-methyl/N-ethyl adjacent to an activating group) is 1. The number of halogens is 1. The van der Waals surface area contributed by atoms with Gasteiger partial charge in [-0.25, -0.2) is 9.79 Å². The number of hydrogen-bond acceptors (Lipinski definition) is 6.